The summed E-state index contributed by atoms with van der Waals surface area (Å²) in [4.78, 5) is 24.0. The summed E-state index contributed by atoms with van der Waals surface area (Å²) in [5.74, 6) is -0.123. The number of rotatable bonds is 5. The third-order valence-corrected chi connectivity index (χ3v) is 4.46. The molecule has 0 atom stereocenters. The van der Waals surface area contributed by atoms with Crippen LogP contribution in [0.2, 0.25) is 0 Å². The maximum Gasteiger partial charge on any atom is 0.250 e. The average Bonchev–Trinajstić information content (AvgIpc) is 3.49. The SMILES string of the molecule is Cc1c(NC(=O)C2CC2)cccc1NC(=S)NC(=O)/C=C/c1ccccc1. The van der Waals surface area contributed by atoms with E-state index in [0.29, 0.717) is 0 Å². The monoisotopic (exact) mass is 379 g/mol. The first-order valence-corrected chi connectivity index (χ1v) is 9.19. The summed E-state index contributed by atoms with van der Waals surface area (Å²) in [6.07, 6.45) is 5.06. The first-order chi connectivity index (χ1) is 13.0. The van der Waals surface area contributed by atoms with E-state index in [2.05, 4.69) is 16.0 Å². The van der Waals surface area contributed by atoms with E-state index < -0.39 is 0 Å². The Labute approximate surface area is 163 Å². The minimum absolute atomic E-state index is 0.0529. The average molecular weight is 379 g/mol. The molecule has 1 fully saturated rings. The summed E-state index contributed by atoms with van der Waals surface area (Å²) >= 11 is 5.22. The Morgan fingerprint density at radius 2 is 1.67 bits per heavy atom. The number of benzene rings is 2. The molecular weight excluding hydrogens is 358 g/mol. The van der Waals surface area contributed by atoms with Gasteiger partial charge in [0.2, 0.25) is 11.8 Å². The second kappa shape index (κ2) is 8.60. The number of hydrogen-bond acceptors (Lipinski definition) is 3. The quantitative estimate of drug-likeness (QED) is 0.545. The van der Waals surface area contributed by atoms with Gasteiger partial charge in [0.05, 0.1) is 0 Å². The lowest BCUT2D eigenvalue weighted by molar-refractivity contribution is -0.117. The van der Waals surface area contributed by atoms with Crippen molar-refractivity contribution in [3.63, 3.8) is 0 Å². The maximum atomic E-state index is 12.0. The van der Waals surface area contributed by atoms with Crippen LogP contribution in [0.4, 0.5) is 11.4 Å². The van der Waals surface area contributed by atoms with Crippen molar-refractivity contribution in [1.82, 2.24) is 5.32 Å². The molecule has 2 aromatic rings. The molecule has 0 bridgehead atoms. The Balaban J connectivity index is 1.57. The highest BCUT2D eigenvalue weighted by atomic mass is 32.1. The predicted molar refractivity (Wildman–Crippen MR) is 112 cm³/mol. The zero-order valence-electron chi connectivity index (χ0n) is 15.0. The summed E-state index contributed by atoms with van der Waals surface area (Å²) in [6.45, 7) is 1.89. The van der Waals surface area contributed by atoms with Crippen molar-refractivity contribution in [1.29, 1.82) is 0 Å². The van der Waals surface area contributed by atoms with E-state index in [4.69, 9.17) is 12.2 Å². The Kier molecular flexibility index (Phi) is 5.98. The first-order valence-electron chi connectivity index (χ1n) is 8.78. The molecule has 138 valence electrons. The third kappa shape index (κ3) is 5.49. The number of nitrogens with one attached hydrogen (secondary N) is 3. The molecule has 6 heteroatoms. The molecular formula is C21H21N3O2S. The van der Waals surface area contributed by atoms with Gasteiger partial charge in [-0.3, -0.25) is 14.9 Å². The Bertz CT molecular complexity index is 890. The fourth-order valence-corrected chi connectivity index (χ4v) is 2.74. The largest absolute Gasteiger partial charge is 0.332 e. The van der Waals surface area contributed by atoms with E-state index in [0.717, 1.165) is 35.3 Å². The number of amides is 2. The molecule has 5 nitrogen and oxygen atoms in total. The number of thiocarbonyl (C=S) groups is 1. The molecule has 2 aromatic carbocycles. The zero-order chi connectivity index (χ0) is 19.2. The lowest BCUT2D eigenvalue weighted by atomic mass is 10.1. The maximum absolute atomic E-state index is 12.0. The third-order valence-electron chi connectivity index (χ3n) is 4.25. The topological polar surface area (TPSA) is 70.2 Å². The Hall–Kier alpha value is -2.99. The summed E-state index contributed by atoms with van der Waals surface area (Å²) < 4.78 is 0. The van der Waals surface area contributed by atoms with Crippen molar-refractivity contribution >= 4 is 46.6 Å². The molecule has 1 saturated carbocycles. The van der Waals surface area contributed by atoms with Gasteiger partial charge in [-0.25, -0.2) is 0 Å². The van der Waals surface area contributed by atoms with Crippen molar-refractivity contribution in [3.05, 3.63) is 65.7 Å². The fraction of sp³-hybridized carbons (Fsp3) is 0.190. The van der Waals surface area contributed by atoms with Crippen LogP contribution in [0.15, 0.2) is 54.6 Å². The van der Waals surface area contributed by atoms with Crippen LogP contribution in [0, 0.1) is 12.8 Å². The van der Waals surface area contributed by atoms with Crippen molar-refractivity contribution in [2.45, 2.75) is 19.8 Å². The van der Waals surface area contributed by atoms with E-state index in [1.165, 1.54) is 6.08 Å². The van der Waals surface area contributed by atoms with Crippen LogP contribution in [0.3, 0.4) is 0 Å². The van der Waals surface area contributed by atoms with Gasteiger partial charge in [-0.05, 0) is 61.3 Å². The summed E-state index contributed by atoms with van der Waals surface area (Å²) in [5.41, 5.74) is 3.28. The molecule has 1 aliphatic carbocycles. The van der Waals surface area contributed by atoms with Crippen LogP contribution >= 0.6 is 12.2 Å². The molecule has 0 heterocycles. The molecule has 0 aliphatic heterocycles. The predicted octanol–water partition coefficient (Wildman–Crippen LogP) is 3.87. The van der Waals surface area contributed by atoms with Gasteiger partial charge in [-0.2, -0.15) is 0 Å². The first kappa shape index (κ1) is 18.8. The fourth-order valence-electron chi connectivity index (χ4n) is 2.53. The van der Waals surface area contributed by atoms with Crippen molar-refractivity contribution < 1.29 is 9.59 Å². The number of carbonyl (C=O) groups is 2. The number of carbonyl (C=O) groups excluding carboxylic acids is 2. The van der Waals surface area contributed by atoms with Gasteiger partial charge >= 0.3 is 0 Å². The smallest absolute Gasteiger partial charge is 0.250 e. The van der Waals surface area contributed by atoms with Crippen LogP contribution in [-0.4, -0.2) is 16.9 Å². The minimum Gasteiger partial charge on any atom is -0.332 e. The van der Waals surface area contributed by atoms with Crippen molar-refractivity contribution in [2.75, 3.05) is 10.6 Å². The summed E-state index contributed by atoms with van der Waals surface area (Å²) in [7, 11) is 0. The van der Waals surface area contributed by atoms with Crippen LogP contribution in [0.5, 0.6) is 0 Å². The molecule has 27 heavy (non-hydrogen) atoms. The second-order valence-electron chi connectivity index (χ2n) is 6.43. The van der Waals surface area contributed by atoms with E-state index in [1.54, 1.807) is 6.08 Å². The highest BCUT2D eigenvalue weighted by molar-refractivity contribution is 7.80. The van der Waals surface area contributed by atoms with Gasteiger partial charge in [-0.1, -0.05) is 36.4 Å². The van der Waals surface area contributed by atoms with Gasteiger partial charge in [-0.15, -0.1) is 0 Å². The van der Waals surface area contributed by atoms with E-state index in [1.807, 2.05) is 55.5 Å². The van der Waals surface area contributed by atoms with Crippen LogP contribution < -0.4 is 16.0 Å². The lowest BCUT2D eigenvalue weighted by Crippen LogP contribution is -2.33. The van der Waals surface area contributed by atoms with Crippen molar-refractivity contribution in [3.8, 4) is 0 Å². The molecule has 0 saturated heterocycles. The highest BCUT2D eigenvalue weighted by Crippen LogP contribution is 2.31. The summed E-state index contributed by atoms with van der Waals surface area (Å²) in [6, 6.07) is 15.1. The molecule has 0 spiro atoms. The van der Waals surface area contributed by atoms with Gasteiger partial charge in [0, 0.05) is 23.4 Å². The Morgan fingerprint density at radius 3 is 2.33 bits per heavy atom. The molecule has 1 aliphatic rings. The van der Waals surface area contributed by atoms with E-state index in [9.17, 15) is 9.59 Å². The standard InChI is InChI=1S/C21H21N3O2S/c1-14-17(22-20(26)16-11-12-16)8-5-9-18(14)23-21(27)24-19(25)13-10-15-6-3-2-4-7-15/h2-10,13,16H,11-12H2,1H3,(H,22,26)(H2,23,24,25,27)/b13-10+. The molecule has 0 aromatic heterocycles. The summed E-state index contributed by atoms with van der Waals surface area (Å²) in [5, 5.41) is 8.78. The second-order valence-corrected chi connectivity index (χ2v) is 6.84. The van der Waals surface area contributed by atoms with Gasteiger partial charge < -0.3 is 10.6 Å². The van der Waals surface area contributed by atoms with Gasteiger partial charge in [0.25, 0.3) is 0 Å². The lowest BCUT2D eigenvalue weighted by Gasteiger charge is -2.14. The highest BCUT2D eigenvalue weighted by Gasteiger charge is 2.29. The molecule has 3 rings (SSSR count). The van der Waals surface area contributed by atoms with Crippen LogP contribution in [-0.2, 0) is 9.59 Å². The van der Waals surface area contributed by atoms with E-state index >= 15 is 0 Å². The molecule has 3 N–H and O–H groups in total. The van der Waals surface area contributed by atoms with Crippen LogP contribution in [0.1, 0.15) is 24.0 Å². The van der Waals surface area contributed by atoms with Crippen molar-refractivity contribution in [2.24, 2.45) is 5.92 Å². The minimum atomic E-state index is -0.313. The zero-order valence-corrected chi connectivity index (χ0v) is 15.8. The van der Waals surface area contributed by atoms with Gasteiger partial charge in [0.15, 0.2) is 5.11 Å². The molecule has 0 radical (unpaired) electrons. The molecule has 2 amide bonds. The normalized spacial score (nSPS) is 13.2. The van der Waals surface area contributed by atoms with Gasteiger partial charge in [0.1, 0.15) is 0 Å². The Morgan fingerprint density at radius 1 is 1.00 bits per heavy atom. The number of hydrogen-bond donors (Lipinski definition) is 3. The molecule has 0 unspecified atom stereocenters. The van der Waals surface area contributed by atoms with E-state index in [-0.39, 0.29) is 22.8 Å². The van der Waals surface area contributed by atoms with Crippen LogP contribution in [0.25, 0.3) is 6.08 Å². The number of anilines is 2.